The minimum atomic E-state index is -4.45. The molecule has 2 aromatic carbocycles. The summed E-state index contributed by atoms with van der Waals surface area (Å²) in [5.74, 6) is -2.00. The van der Waals surface area contributed by atoms with E-state index in [1.54, 1.807) is 19.1 Å². The van der Waals surface area contributed by atoms with Gasteiger partial charge in [-0.15, -0.1) is 0 Å². The number of carbonyl (C=O) groups excluding carboxylic acids is 1. The van der Waals surface area contributed by atoms with Gasteiger partial charge in [-0.05, 0) is 106 Å². The number of aromatic carboxylic acids is 1. The van der Waals surface area contributed by atoms with Crippen LogP contribution in [0.2, 0.25) is 0 Å². The van der Waals surface area contributed by atoms with Crippen molar-refractivity contribution in [2.45, 2.75) is 75.7 Å². The van der Waals surface area contributed by atoms with Gasteiger partial charge in [0, 0.05) is 12.6 Å². The van der Waals surface area contributed by atoms with Crippen LogP contribution >= 0.6 is 0 Å². The van der Waals surface area contributed by atoms with E-state index in [1.807, 2.05) is 0 Å². The second kappa shape index (κ2) is 11.1. The van der Waals surface area contributed by atoms with Crippen molar-refractivity contribution < 1.29 is 37.0 Å². The van der Waals surface area contributed by atoms with Crippen molar-refractivity contribution >= 4 is 11.9 Å². The van der Waals surface area contributed by atoms with Gasteiger partial charge < -0.3 is 15.2 Å². The van der Waals surface area contributed by atoms with E-state index in [4.69, 9.17) is 4.74 Å². The van der Waals surface area contributed by atoms with Gasteiger partial charge in [0.25, 0.3) is 5.91 Å². The zero-order chi connectivity index (χ0) is 28.7. The standard InChI is InChI=1S/C30H34F4N2O4/c1-18-12-19(14-23(13-18)30(32,33)34)16-35-28(39)29(22-3-4-22)9-6-24(17-40-29)36-10-7-20(8-11-36)21-2-5-26(31)25(15-21)27(37)38/h2,5,12-15,20,22,24H,3-4,6-11,16-17H2,1H3,(H,35,39)(H,37,38)/t24-,29+/m1/s1. The van der Waals surface area contributed by atoms with Gasteiger partial charge in [-0.3, -0.25) is 9.69 Å². The van der Waals surface area contributed by atoms with Crippen LogP contribution in [-0.4, -0.2) is 53.2 Å². The summed E-state index contributed by atoms with van der Waals surface area (Å²) in [5.41, 5.74) is -0.265. The summed E-state index contributed by atoms with van der Waals surface area (Å²) in [6, 6.07) is 8.28. The molecule has 3 fully saturated rings. The Morgan fingerprint density at radius 2 is 1.80 bits per heavy atom. The Kier molecular flexibility index (Phi) is 7.94. The topological polar surface area (TPSA) is 78.9 Å². The highest BCUT2D eigenvalue weighted by Gasteiger charge is 2.54. The number of carboxylic acids is 1. The molecule has 0 unspecified atom stereocenters. The molecule has 1 aliphatic carbocycles. The predicted molar refractivity (Wildman–Crippen MR) is 139 cm³/mol. The first-order valence-electron chi connectivity index (χ1n) is 13.8. The minimum absolute atomic E-state index is 0.00530. The van der Waals surface area contributed by atoms with Crippen LogP contribution < -0.4 is 5.32 Å². The molecule has 2 heterocycles. The Hall–Kier alpha value is -2.98. The quantitative estimate of drug-likeness (QED) is 0.425. The first-order chi connectivity index (χ1) is 19.0. The van der Waals surface area contributed by atoms with E-state index in [0.29, 0.717) is 24.2 Å². The summed E-state index contributed by atoms with van der Waals surface area (Å²) in [6.45, 7) is 3.58. The fourth-order valence-electron chi connectivity index (χ4n) is 6.32. The number of carboxylic acid groups (broad SMARTS) is 1. The Bertz CT molecular complexity index is 1260. The van der Waals surface area contributed by atoms with Gasteiger partial charge in [0.05, 0.1) is 17.7 Å². The lowest BCUT2D eigenvalue weighted by Crippen LogP contribution is -2.57. The molecule has 3 aliphatic rings. The average molecular weight is 563 g/mol. The molecule has 1 saturated carbocycles. The van der Waals surface area contributed by atoms with Gasteiger partial charge in [-0.2, -0.15) is 13.2 Å². The van der Waals surface area contributed by atoms with Gasteiger partial charge in [0.1, 0.15) is 11.4 Å². The lowest BCUT2D eigenvalue weighted by Gasteiger charge is -2.45. The molecule has 2 atom stereocenters. The van der Waals surface area contributed by atoms with E-state index in [0.717, 1.165) is 62.9 Å². The molecule has 1 amide bonds. The van der Waals surface area contributed by atoms with Crippen molar-refractivity contribution in [1.82, 2.24) is 10.2 Å². The first-order valence-corrected chi connectivity index (χ1v) is 13.8. The molecular weight excluding hydrogens is 528 g/mol. The number of likely N-dealkylation sites (tertiary alicyclic amines) is 1. The average Bonchev–Trinajstić information content (AvgIpc) is 3.77. The maximum absolute atomic E-state index is 13.8. The lowest BCUT2D eigenvalue weighted by molar-refractivity contribution is -0.165. The van der Waals surface area contributed by atoms with Crippen molar-refractivity contribution in [3.63, 3.8) is 0 Å². The summed E-state index contributed by atoms with van der Waals surface area (Å²) in [7, 11) is 0. The first kappa shape index (κ1) is 28.5. The number of amides is 1. The molecule has 0 bridgehead atoms. The third-order valence-corrected chi connectivity index (χ3v) is 8.66. The molecular formula is C30H34F4N2O4. The number of carbonyl (C=O) groups is 2. The van der Waals surface area contributed by atoms with E-state index in [9.17, 15) is 32.3 Å². The number of nitrogens with zero attached hydrogens (tertiary/aromatic N) is 1. The van der Waals surface area contributed by atoms with E-state index >= 15 is 0 Å². The van der Waals surface area contributed by atoms with Crippen molar-refractivity contribution in [3.05, 3.63) is 70.0 Å². The second-order valence-corrected chi connectivity index (χ2v) is 11.4. The molecule has 2 aromatic rings. The Balaban J connectivity index is 1.17. The predicted octanol–water partition coefficient (Wildman–Crippen LogP) is 5.67. The molecule has 216 valence electrons. The number of rotatable bonds is 7. The van der Waals surface area contributed by atoms with E-state index in [2.05, 4.69) is 10.2 Å². The van der Waals surface area contributed by atoms with Crippen LogP contribution in [0.4, 0.5) is 17.6 Å². The van der Waals surface area contributed by atoms with Crippen LogP contribution in [0.5, 0.6) is 0 Å². The number of alkyl halides is 3. The van der Waals surface area contributed by atoms with Gasteiger partial charge in [0.15, 0.2) is 0 Å². The maximum atomic E-state index is 13.8. The van der Waals surface area contributed by atoms with Crippen molar-refractivity contribution in [3.8, 4) is 0 Å². The summed E-state index contributed by atoms with van der Waals surface area (Å²) in [5, 5.41) is 12.1. The largest absolute Gasteiger partial charge is 0.478 e. The smallest absolute Gasteiger partial charge is 0.416 e. The molecule has 0 spiro atoms. The fourth-order valence-corrected chi connectivity index (χ4v) is 6.32. The molecule has 10 heteroatoms. The number of piperidine rings is 1. The van der Waals surface area contributed by atoms with Crippen LogP contribution in [0.3, 0.4) is 0 Å². The summed E-state index contributed by atoms with van der Waals surface area (Å²) < 4.78 is 59.8. The Labute approximate surface area is 230 Å². The maximum Gasteiger partial charge on any atom is 0.416 e. The number of halogens is 4. The molecule has 5 rings (SSSR count). The molecule has 2 saturated heterocycles. The third-order valence-electron chi connectivity index (χ3n) is 8.66. The molecule has 6 nitrogen and oxygen atoms in total. The van der Waals surface area contributed by atoms with Crippen LogP contribution in [0.1, 0.15) is 77.1 Å². The van der Waals surface area contributed by atoms with Crippen LogP contribution in [0.25, 0.3) is 0 Å². The van der Waals surface area contributed by atoms with E-state index in [-0.39, 0.29) is 35.9 Å². The second-order valence-electron chi connectivity index (χ2n) is 11.4. The van der Waals surface area contributed by atoms with Gasteiger partial charge in [-0.1, -0.05) is 17.7 Å². The molecule has 0 aromatic heterocycles. The van der Waals surface area contributed by atoms with Gasteiger partial charge in [0.2, 0.25) is 0 Å². The van der Waals surface area contributed by atoms with Crippen molar-refractivity contribution in [1.29, 1.82) is 0 Å². The fraction of sp³-hybridized carbons (Fsp3) is 0.533. The highest BCUT2D eigenvalue weighted by atomic mass is 19.4. The van der Waals surface area contributed by atoms with Crippen molar-refractivity contribution in [2.24, 2.45) is 5.92 Å². The molecule has 0 radical (unpaired) electrons. The number of hydrogen-bond acceptors (Lipinski definition) is 4. The summed E-state index contributed by atoms with van der Waals surface area (Å²) in [6.07, 6.45) is 0.283. The SMILES string of the molecule is Cc1cc(CNC(=O)[C@@]2(C3CC3)CC[C@@H](N3CCC(c4ccc(F)c(C(=O)O)c4)CC3)CO2)cc(C(F)(F)F)c1. The Morgan fingerprint density at radius 1 is 1.07 bits per heavy atom. The minimum Gasteiger partial charge on any atom is -0.478 e. The normalized spacial score (nSPS) is 24.6. The number of aryl methyl sites for hydroxylation is 1. The van der Waals surface area contributed by atoms with E-state index < -0.39 is 29.1 Å². The van der Waals surface area contributed by atoms with Gasteiger partial charge >= 0.3 is 12.1 Å². The highest BCUT2D eigenvalue weighted by Crippen LogP contribution is 2.47. The van der Waals surface area contributed by atoms with Crippen LogP contribution in [-0.2, 0) is 22.3 Å². The van der Waals surface area contributed by atoms with E-state index in [1.165, 1.54) is 12.1 Å². The Morgan fingerprint density at radius 3 is 2.40 bits per heavy atom. The number of benzene rings is 2. The zero-order valence-electron chi connectivity index (χ0n) is 22.4. The number of hydrogen-bond donors (Lipinski definition) is 2. The van der Waals surface area contributed by atoms with Crippen LogP contribution in [0, 0.1) is 18.7 Å². The summed E-state index contributed by atoms with van der Waals surface area (Å²) in [4.78, 5) is 27.0. The third kappa shape index (κ3) is 6.02. The molecule has 2 N–H and O–H groups in total. The van der Waals surface area contributed by atoms with Crippen LogP contribution in [0.15, 0.2) is 36.4 Å². The van der Waals surface area contributed by atoms with Gasteiger partial charge in [-0.25, -0.2) is 9.18 Å². The molecule has 2 aliphatic heterocycles. The summed E-state index contributed by atoms with van der Waals surface area (Å²) >= 11 is 0. The monoisotopic (exact) mass is 562 g/mol. The number of nitrogens with one attached hydrogen (secondary N) is 1. The highest BCUT2D eigenvalue weighted by molar-refractivity contribution is 5.88. The zero-order valence-corrected chi connectivity index (χ0v) is 22.4. The lowest BCUT2D eigenvalue weighted by atomic mass is 9.84. The van der Waals surface area contributed by atoms with Crippen molar-refractivity contribution in [2.75, 3.05) is 19.7 Å². The molecule has 40 heavy (non-hydrogen) atoms. The number of ether oxygens (including phenoxy) is 1.